The van der Waals surface area contributed by atoms with Crippen LogP contribution >= 0.6 is 7.85 Å². The Morgan fingerprint density at radius 2 is 1.41 bits per heavy atom. The van der Waals surface area contributed by atoms with E-state index >= 15 is 0 Å². The SMILES string of the molecule is CCCC(C)c1ccc(P(F)(F)(F)F)c(F)c1C(C)CCC. The molecule has 1 rings (SSSR count). The molecule has 1 aromatic carbocycles. The molecule has 0 nitrogen and oxygen atoms in total. The van der Waals surface area contributed by atoms with Crippen molar-refractivity contribution < 1.29 is 21.2 Å². The Kier molecular flexibility index (Phi) is 6.00. The Morgan fingerprint density at radius 1 is 0.909 bits per heavy atom. The summed E-state index contributed by atoms with van der Waals surface area (Å²) in [6, 6.07) is 1.84. The first-order valence-corrected chi connectivity index (χ1v) is 9.51. The van der Waals surface area contributed by atoms with Gasteiger partial charge in [-0.1, -0.05) is 0 Å². The van der Waals surface area contributed by atoms with Crippen LogP contribution in [0.4, 0.5) is 21.2 Å². The minimum absolute atomic E-state index is 0.0416. The summed E-state index contributed by atoms with van der Waals surface area (Å²) in [5, 5.41) is -1.70. The number of hydrogen-bond donors (Lipinski definition) is 0. The van der Waals surface area contributed by atoms with Crippen molar-refractivity contribution in [3.8, 4) is 0 Å². The monoisotopic (exact) mass is 342 g/mol. The molecule has 0 bridgehead atoms. The average Bonchev–Trinajstić information content (AvgIpc) is 2.36. The predicted octanol–water partition coefficient (Wildman–Crippen LogP) is 7.35. The minimum atomic E-state index is -8.10. The van der Waals surface area contributed by atoms with Gasteiger partial charge in [0.2, 0.25) is 0 Å². The average molecular weight is 342 g/mol. The third-order valence-corrected chi connectivity index (χ3v) is 5.10. The van der Waals surface area contributed by atoms with Crippen LogP contribution in [0.2, 0.25) is 0 Å². The predicted molar refractivity (Wildman–Crippen MR) is 84.0 cm³/mol. The van der Waals surface area contributed by atoms with Gasteiger partial charge in [-0.25, -0.2) is 0 Å². The zero-order chi connectivity index (χ0) is 17.2. The second-order valence-corrected chi connectivity index (χ2v) is 7.93. The van der Waals surface area contributed by atoms with E-state index in [-0.39, 0.29) is 17.4 Å². The van der Waals surface area contributed by atoms with Crippen molar-refractivity contribution in [1.82, 2.24) is 0 Å². The molecule has 2 atom stereocenters. The summed E-state index contributed by atoms with van der Waals surface area (Å²) in [7, 11) is -8.10. The summed E-state index contributed by atoms with van der Waals surface area (Å²) in [6.07, 6.45) is 2.90. The molecule has 1 aromatic rings. The van der Waals surface area contributed by atoms with E-state index in [1.807, 2.05) is 20.8 Å². The molecule has 0 aliphatic carbocycles. The third-order valence-electron chi connectivity index (χ3n) is 4.02. The molecule has 0 aliphatic rings. The first-order valence-electron chi connectivity index (χ1n) is 7.71. The van der Waals surface area contributed by atoms with Gasteiger partial charge in [-0.3, -0.25) is 0 Å². The van der Waals surface area contributed by atoms with Crippen molar-refractivity contribution >= 4 is 13.2 Å². The Labute approximate surface area is 129 Å². The molecule has 0 aromatic heterocycles. The van der Waals surface area contributed by atoms with Crippen LogP contribution in [0.25, 0.3) is 0 Å². The van der Waals surface area contributed by atoms with Gasteiger partial charge in [0, 0.05) is 0 Å². The van der Waals surface area contributed by atoms with E-state index in [0.717, 1.165) is 19.3 Å². The van der Waals surface area contributed by atoms with Crippen molar-refractivity contribution in [3.63, 3.8) is 0 Å². The molecule has 6 heteroatoms. The third kappa shape index (κ3) is 4.41. The van der Waals surface area contributed by atoms with Gasteiger partial charge in [0.25, 0.3) is 0 Å². The summed E-state index contributed by atoms with van der Waals surface area (Å²) in [5.74, 6) is -1.82. The van der Waals surface area contributed by atoms with Gasteiger partial charge in [0.05, 0.1) is 0 Å². The van der Waals surface area contributed by atoms with Gasteiger partial charge in [-0.2, -0.15) is 0 Å². The fourth-order valence-corrected chi connectivity index (χ4v) is 3.67. The molecule has 0 radical (unpaired) electrons. The van der Waals surface area contributed by atoms with Crippen LogP contribution in [0.3, 0.4) is 0 Å². The van der Waals surface area contributed by atoms with Gasteiger partial charge in [0.15, 0.2) is 0 Å². The summed E-state index contributed by atoms with van der Waals surface area (Å²) in [5.41, 5.74) is 0.615. The second-order valence-electron chi connectivity index (χ2n) is 6.00. The maximum atomic E-state index is 14.5. The molecule has 0 saturated heterocycles. The molecule has 0 saturated carbocycles. The molecule has 0 fully saturated rings. The number of rotatable bonds is 7. The summed E-state index contributed by atoms with van der Waals surface area (Å²) in [4.78, 5) is 0. The fraction of sp³-hybridized carbons (Fsp3) is 0.625. The fourth-order valence-electron chi connectivity index (χ4n) is 2.95. The standard InChI is InChI=1S/C16H24F5P/c1-5-7-11(3)13-9-10-14(22(18,19,20)21)16(17)15(13)12(4)8-6-2/h9-12H,5-8H2,1-4H3. The summed E-state index contributed by atoms with van der Waals surface area (Å²) < 4.78 is 66.8. The van der Waals surface area contributed by atoms with E-state index in [0.29, 0.717) is 18.1 Å². The molecular weight excluding hydrogens is 318 g/mol. The molecule has 0 spiro atoms. The summed E-state index contributed by atoms with van der Waals surface area (Å²) >= 11 is 0. The molecule has 0 heterocycles. The van der Waals surface area contributed by atoms with E-state index < -0.39 is 19.0 Å². The Bertz CT molecular complexity index is 512. The van der Waals surface area contributed by atoms with E-state index in [2.05, 4.69) is 0 Å². The van der Waals surface area contributed by atoms with Gasteiger partial charge in [0.1, 0.15) is 0 Å². The first-order chi connectivity index (χ1) is 9.99. The van der Waals surface area contributed by atoms with Gasteiger partial charge >= 0.3 is 129 Å². The quantitative estimate of drug-likeness (QED) is 0.359. The second kappa shape index (κ2) is 6.82. The van der Waals surface area contributed by atoms with Crippen LogP contribution in [-0.4, -0.2) is 0 Å². The van der Waals surface area contributed by atoms with Crippen molar-refractivity contribution in [2.45, 2.75) is 65.2 Å². The molecule has 0 aliphatic heterocycles. The Hall–Kier alpha value is -0.700. The Morgan fingerprint density at radius 3 is 1.86 bits per heavy atom. The normalized spacial score (nSPS) is 16.9. The van der Waals surface area contributed by atoms with E-state index in [9.17, 15) is 21.2 Å². The molecular formula is C16H24F5P. The molecule has 0 amide bonds. The first kappa shape index (κ1) is 19.3. The van der Waals surface area contributed by atoms with Gasteiger partial charge in [-0.15, -0.1) is 0 Å². The van der Waals surface area contributed by atoms with E-state index in [1.54, 1.807) is 6.92 Å². The number of hydrogen-bond acceptors (Lipinski definition) is 0. The van der Waals surface area contributed by atoms with Crippen molar-refractivity contribution in [3.05, 3.63) is 29.1 Å². The van der Waals surface area contributed by atoms with Crippen LogP contribution < -0.4 is 5.30 Å². The van der Waals surface area contributed by atoms with Crippen LogP contribution in [-0.2, 0) is 0 Å². The van der Waals surface area contributed by atoms with Crippen molar-refractivity contribution in [2.24, 2.45) is 0 Å². The molecule has 0 N–H and O–H groups in total. The zero-order valence-electron chi connectivity index (χ0n) is 13.5. The number of benzene rings is 1. The maximum absolute atomic E-state index is 14.5. The van der Waals surface area contributed by atoms with Crippen molar-refractivity contribution in [1.29, 1.82) is 0 Å². The zero-order valence-corrected chi connectivity index (χ0v) is 14.4. The van der Waals surface area contributed by atoms with Crippen LogP contribution in [0, 0.1) is 5.82 Å². The topological polar surface area (TPSA) is 0 Å². The van der Waals surface area contributed by atoms with Crippen LogP contribution in [0.5, 0.6) is 0 Å². The van der Waals surface area contributed by atoms with Crippen LogP contribution in [0.15, 0.2) is 12.1 Å². The Balaban J connectivity index is 3.52. The van der Waals surface area contributed by atoms with Gasteiger partial charge < -0.3 is 0 Å². The van der Waals surface area contributed by atoms with E-state index in [1.165, 1.54) is 6.07 Å². The number of halogens is 5. The molecule has 128 valence electrons. The van der Waals surface area contributed by atoms with E-state index in [4.69, 9.17) is 0 Å². The molecule has 22 heavy (non-hydrogen) atoms. The van der Waals surface area contributed by atoms with Crippen molar-refractivity contribution in [2.75, 3.05) is 0 Å². The molecule has 2 unspecified atom stereocenters. The van der Waals surface area contributed by atoms with Crippen LogP contribution in [0.1, 0.15) is 76.3 Å². The summed E-state index contributed by atoms with van der Waals surface area (Å²) in [6.45, 7) is 7.43. The van der Waals surface area contributed by atoms with Gasteiger partial charge in [-0.05, 0) is 0 Å².